The molecule has 0 saturated carbocycles. The molecule has 0 aliphatic rings. The van der Waals surface area contributed by atoms with Gasteiger partial charge in [-0.25, -0.2) is 0 Å². The fraction of sp³-hybridized carbons (Fsp3) is 0.500. The lowest BCUT2D eigenvalue weighted by Crippen LogP contribution is -2.10. The van der Waals surface area contributed by atoms with E-state index in [1.165, 1.54) is 6.21 Å². The zero-order valence-electron chi connectivity index (χ0n) is 5.60. The fourth-order valence-electron chi connectivity index (χ4n) is 0.471. The number of allylic oxidation sites excluding steroid dienone is 2. The van der Waals surface area contributed by atoms with Gasteiger partial charge in [0.25, 0.3) is 0 Å². The van der Waals surface area contributed by atoms with E-state index < -0.39 is 0 Å². The summed E-state index contributed by atoms with van der Waals surface area (Å²) in [4.78, 5) is 1.90. The van der Waals surface area contributed by atoms with Crippen LogP contribution in [-0.2, 0) is 0 Å². The molecule has 0 rings (SSSR count). The minimum absolute atomic E-state index is 0.935. The molecule has 0 amide bonds. The summed E-state index contributed by atoms with van der Waals surface area (Å²) in [6.07, 6.45) is 3.23. The lowest BCUT2D eigenvalue weighted by molar-refractivity contribution is 0.540. The summed E-state index contributed by atoms with van der Waals surface area (Å²) in [5, 5.41) is 6.86. The number of nitrogens with zero attached hydrogens (tertiary/aromatic N) is 1. The van der Waals surface area contributed by atoms with Crippen molar-refractivity contribution in [1.29, 1.82) is 5.41 Å². The Balaban J connectivity index is 3.91. The summed E-state index contributed by atoms with van der Waals surface area (Å²) in [7, 11) is 3.83. The smallest absolute Gasteiger partial charge is 0.0496 e. The number of hydrogen-bond donors (Lipinski definition) is 1. The Morgan fingerprint density at radius 1 is 1.50 bits per heavy atom. The summed E-state index contributed by atoms with van der Waals surface area (Å²) in [6.45, 7) is 1.92. The van der Waals surface area contributed by atoms with Crippen molar-refractivity contribution >= 4 is 6.21 Å². The first-order valence-electron chi connectivity index (χ1n) is 2.56. The van der Waals surface area contributed by atoms with Gasteiger partial charge in [-0.3, -0.25) is 0 Å². The highest BCUT2D eigenvalue weighted by Crippen LogP contribution is 1.90. The minimum Gasteiger partial charge on any atom is -0.377 e. The zero-order chi connectivity index (χ0) is 6.57. The molecule has 0 aromatic carbocycles. The van der Waals surface area contributed by atoms with Gasteiger partial charge in [0.2, 0.25) is 0 Å². The molecule has 0 unspecified atom stereocenters. The monoisotopic (exact) mass is 112 g/mol. The lowest BCUT2D eigenvalue weighted by Gasteiger charge is -2.10. The Kier molecular flexibility index (Phi) is 2.92. The topological polar surface area (TPSA) is 27.1 Å². The predicted octanol–water partition coefficient (Wildman–Crippen LogP) is 1.10. The molecular formula is C6H12N2. The van der Waals surface area contributed by atoms with Crippen LogP contribution < -0.4 is 0 Å². The molecule has 0 fully saturated rings. The minimum atomic E-state index is 0.935. The molecular weight excluding hydrogens is 100 g/mol. The van der Waals surface area contributed by atoms with Crippen LogP contribution in [0.5, 0.6) is 0 Å². The fourth-order valence-corrected chi connectivity index (χ4v) is 0.471. The second-order valence-electron chi connectivity index (χ2n) is 1.75. The quantitative estimate of drug-likeness (QED) is 0.532. The molecule has 8 heavy (non-hydrogen) atoms. The maximum atomic E-state index is 6.86. The summed E-state index contributed by atoms with van der Waals surface area (Å²) >= 11 is 0. The van der Waals surface area contributed by atoms with Crippen LogP contribution in [0.2, 0.25) is 0 Å². The molecule has 1 N–H and O–H groups in total. The third-order valence-corrected chi connectivity index (χ3v) is 0.960. The lowest BCUT2D eigenvalue weighted by atomic mass is 10.4. The van der Waals surface area contributed by atoms with Crippen molar-refractivity contribution < 1.29 is 0 Å². The van der Waals surface area contributed by atoms with Gasteiger partial charge in [0.05, 0.1) is 0 Å². The number of rotatable bonds is 2. The van der Waals surface area contributed by atoms with Crippen molar-refractivity contribution in [3.8, 4) is 0 Å². The molecule has 0 saturated heterocycles. The first-order valence-corrected chi connectivity index (χ1v) is 2.56. The standard InChI is InChI=1S/C6H12N2/c1-4-6(5-7)8(2)3/h4-5,7H,1-3H3/b6-4+,7-5?. The third-order valence-electron chi connectivity index (χ3n) is 0.960. The van der Waals surface area contributed by atoms with Crippen molar-refractivity contribution in [2.75, 3.05) is 14.1 Å². The van der Waals surface area contributed by atoms with E-state index >= 15 is 0 Å². The largest absolute Gasteiger partial charge is 0.377 e. The maximum Gasteiger partial charge on any atom is 0.0496 e. The third kappa shape index (κ3) is 1.78. The molecule has 0 bridgehead atoms. The van der Waals surface area contributed by atoms with Gasteiger partial charge >= 0.3 is 0 Å². The van der Waals surface area contributed by atoms with E-state index in [1.807, 2.05) is 32.0 Å². The van der Waals surface area contributed by atoms with Crippen LogP contribution in [0.25, 0.3) is 0 Å². The Labute approximate surface area is 50.3 Å². The normalized spacial score (nSPS) is 11.1. The van der Waals surface area contributed by atoms with Crippen LogP contribution in [0.15, 0.2) is 11.8 Å². The number of nitrogens with one attached hydrogen (secondary N) is 1. The summed E-state index contributed by atoms with van der Waals surface area (Å²) in [5.41, 5.74) is 0.935. The van der Waals surface area contributed by atoms with Crippen LogP contribution in [0.3, 0.4) is 0 Å². The van der Waals surface area contributed by atoms with Crippen LogP contribution in [0.1, 0.15) is 6.92 Å². The molecule has 2 heteroatoms. The van der Waals surface area contributed by atoms with Gasteiger partial charge in [0, 0.05) is 26.0 Å². The average Bonchev–Trinajstić information content (AvgIpc) is 1.69. The van der Waals surface area contributed by atoms with Crippen molar-refractivity contribution in [3.63, 3.8) is 0 Å². The van der Waals surface area contributed by atoms with Gasteiger partial charge in [-0.2, -0.15) is 0 Å². The SMILES string of the molecule is C/C=C(\C=N)N(C)C. The summed E-state index contributed by atoms with van der Waals surface area (Å²) in [6, 6.07) is 0. The van der Waals surface area contributed by atoms with Crippen molar-refractivity contribution in [3.05, 3.63) is 11.8 Å². The van der Waals surface area contributed by atoms with E-state index in [1.54, 1.807) is 0 Å². The van der Waals surface area contributed by atoms with E-state index in [4.69, 9.17) is 5.41 Å². The molecule has 46 valence electrons. The van der Waals surface area contributed by atoms with Gasteiger partial charge in [-0.15, -0.1) is 0 Å². The molecule has 2 nitrogen and oxygen atoms in total. The predicted molar refractivity (Wildman–Crippen MR) is 36.2 cm³/mol. The summed E-state index contributed by atoms with van der Waals surface area (Å²) in [5.74, 6) is 0. The highest BCUT2D eigenvalue weighted by atomic mass is 15.1. The van der Waals surface area contributed by atoms with Gasteiger partial charge in [0.15, 0.2) is 0 Å². The molecule has 0 radical (unpaired) electrons. The molecule has 0 aliphatic carbocycles. The highest BCUT2D eigenvalue weighted by Gasteiger charge is 1.88. The Morgan fingerprint density at radius 3 is 2.00 bits per heavy atom. The van der Waals surface area contributed by atoms with Gasteiger partial charge < -0.3 is 10.3 Å². The molecule has 0 spiro atoms. The van der Waals surface area contributed by atoms with Gasteiger partial charge in [-0.1, -0.05) is 6.08 Å². The zero-order valence-corrected chi connectivity index (χ0v) is 5.60. The van der Waals surface area contributed by atoms with Crippen molar-refractivity contribution in [1.82, 2.24) is 4.90 Å². The Hall–Kier alpha value is -0.790. The Bertz CT molecular complexity index is 103. The van der Waals surface area contributed by atoms with Crippen molar-refractivity contribution in [2.45, 2.75) is 6.92 Å². The maximum absolute atomic E-state index is 6.86. The first kappa shape index (κ1) is 7.21. The number of hydrogen-bond acceptors (Lipinski definition) is 2. The average molecular weight is 112 g/mol. The van der Waals surface area contributed by atoms with E-state index in [-0.39, 0.29) is 0 Å². The van der Waals surface area contributed by atoms with Gasteiger partial charge in [0.1, 0.15) is 0 Å². The molecule has 0 aromatic heterocycles. The molecule has 0 atom stereocenters. The van der Waals surface area contributed by atoms with Crippen LogP contribution in [0, 0.1) is 5.41 Å². The van der Waals surface area contributed by atoms with E-state index in [0.717, 1.165) is 5.70 Å². The first-order chi connectivity index (χ1) is 3.72. The van der Waals surface area contributed by atoms with E-state index in [9.17, 15) is 0 Å². The van der Waals surface area contributed by atoms with Crippen molar-refractivity contribution in [2.24, 2.45) is 0 Å². The van der Waals surface area contributed by atoms with Crippen LogP contribution in [0.4, 0.5) is 0 Å². The molecule has 0 aliphatic heterocycles. The molecule has 0 aromatic rings. The second-order valence-corrected chi connectivity index (χ2v) is 1.75. The summed E-state index contributed by atoms with van der Waals surface area (Å²) < 4.78 is 0. The highest BCUT2D eigenvalue weighted by molar-refractivity contribution is 5.74. The van der Waals surface area contributed by atoms with E-state index in [2.05, 4.69) is 0 Å². The van der Waals surface area contributed by atoms with Crippen LogP contribution in [-0.4, -0.2) is 25.2 Å². The van der Waals surface area contributed by atoms with Crippen LogP contribution >= 0.6 is 0 Å². The Morgan fingerprint density at radius 2 is 2.00 bits per heavy atom. The second kappa shape index (κ2) is 3.24. The van der Waals surface area contributed by atoms with E-state index in [0.29, 0.717) is 0 Å². The van der Waals surface area contributed by atoms with Gasteiger partial charge in [-0.05, 0) is 6.92 Å². The molecule has 0 heterocycles.